The quantitative estimate of drug-likeness (QED) is 0.494. The van der Waals surface area contributed by atoms with Crippen LogP contribution in [-0.2, 0) is 9.59 Å². The summed E-state index contributed by atoms with van der Waals surface area (Å²) < 4.78 is 5.12. The second kappa shape index (κ2) is 9.80. The maximum Gasteiger partial charge on any atom is 0.336 e. The Morgan fingerprint density at radius 3 is 2.24 bits per heavy atom. The lowest BCUT2D eigenvalue weighted by Gasteiger charge is -2.15. The van der Waals surface area contributed by atoms with E-state index in [1.54, 1.807) is 67.8 Å². The maximum atomic E-state index is 12.9. The van der Waals surface area contributed by atoms with Gasteiger partial charge in [-0.25, -0.2) is 9.69 Å². The van der Waals surface area contributed by atoms with E-state index in [0.29, 0.717) is 17.1 Å². The van der Waals surface area contributed by atoms with Crippen LogP contribution in [0.2, 0.25) is 0 Å². The minimum absolute atomic E-state index is 0.0575. The van der Waals surface area contributed by atoms with Gasteiger partial charge in [-0.1, -0.05) is 12.1 Å². The Morgan fingerprint density at radius 1 is 0.971 bits per heavy atom. The lowest BCUT2D eigenvalue weighted by atomic mass is 10.1. The van der Waals surface area contributed by atoms with Crippen LogP contribution in [0.1, 0.15) is 27.1 Å². The topological polar surface area (TPSA) is 113 Å². The molecule has 1 heterocycles. The van der Waals surface area contributed by atoms with E-state index in [1.807, 2.05) is 0 Å². The van der Waals surface area contributed by atoms with Gasteiger partial charge in [0.2, 0.25) is 11.8 Å². The average molecular weight is 477 g/mol. The van der Waals surface area contributed by atoms with Crippen LogP contribution in [0, 0.1) is 0 Å². The number of benzene rings is 3. The zero-order chi connectivity index (χ0) is 24.2. The first-order chi connectivity index (χ1) is 16.4. The molecule has 3 aromatic carbocycles. The molecule has 1 atom stereocenters. The summed E-state index contributed by atoms with van der Waals surface area (Å²) in [6.45, 7) is 0. The van der Waals surface area contributed by atoms with Crippen molar-refractivity contribution in [2.75, 3.05) is 17.3 Å². The number of hydrogen-bond acceptors (Lipinski definition) is 6. The molecule has 3 aromatic rings. The van der Waals surface area contributed by atoms with Crippen molar-refractivity contribution in [2.45, 2.75) is 16.6 Å². The Bertz CT molecular complexity index is 1260. The lowest BCUT2D eigenvalue weighted by Crippen LogP contribution is -2.31. The van der Waals surface area contributed by atoms with Crippen LogP contribution >= 0.6 is 11.8 Å². The standard InChI is InChI=1S/C25H20N2O6S/c1-33-17-10-8-16(9-11-17)27-22(28)14-21(24(27)30)34-18-12-6-15(7-13-18)26-23(29)19-4-2-3-5-20(19)25(31)32/h2-13,21H,14H2,1H3,(H,26,29)(H,31,32)/t21-/m1/s1. The van der Waals surface area contributed by atoms with Crippen LogP contribution in [0.4, 0.5) is 11.4 Å². The first-order valence-electron chi connectivity index (χ1n) is 10.3. The molecule has 2 N–H and O–H groups in total. The van der Waals surface area contributed by atoms with Crippen molar-refractivity contribution >= 4 is 46.8 Å². The number of nitrogens with zero attached hydrogens (tertiary/aromatic N) is 1. The van der Waals surface area contributed by atoms with Gasteiger partial charge in [0.1, 0.15) is 5.75 Å². The second-order valence-electron chi connectivity index (χ2n) is 7.41. The molecule has 34 heavy (non-hydrogen) atoms. The highest BCUT2D eigenvalue weighted by atomic mass is 32.2. The van der Waals surface area contributed by atoms with Crippen molar-refractivity contribution in [1.82, 2.24) is 0 Å². The summed E-state index contributed by atoms with van der Waals surface area (Å²) >= 11 is 1.27. The lowest BCUT2D eigenvalue weighted by molar-refractivity contribution is -0.121. The third-order valence-corrected chi connectivity index (χ3v) is 6.43. The van der Waals surface area contributed by atoms with E-state index in [9.17, 15) is 24.3 Å². The zero-order valence-corrected chi connectivity index (χ0v) is 18.9. The van der Waals surface area contributed by atoms with E-state index in [2.05, 4.69) is 5.32 Å². The largest absolute Gasteiger partial charge is 0.497 e. The van der Waals surface area contributed by atoms with Crippen LogP contribution in [0.25, 0.3) is 0 Å². The van der Waals surface area contributed by atoms with E-state index >= 15 is 0 Å². The number of methoxy groups -OCH3 is 1. The average Bonchev–Trinajstić information content (AvgIpc) is 3.12. The molecule has 172 valence electrons. The zero-order valence-electron chi connectivity index (χ0n) is 18.1. The summed E-state index contributed by atoms with van der Waals surface area (Å²) in [4.78, 5) is 51.2. The molecule has 0 spiro atoms. The van der Waals surface area contributed by atoms with Gasteiger partial charge in [-0.3, -0.25) is 14.4 Å². The smallest absolute Gasteiger partial charge is 0.336 e. The van der Waals surface area contributed by atoms with Gasteiger partial charge in [-0.15, -0.1) is 11.8 Å². The van der Waals surface area contributed by atoms with Crippen LogP contribution in [-0.4, -0.2) is 41.2 Å². The number of imide groups is 1. The van der Waals surface area contributed by atoms with Crippen LogP contribution in [0.15, 0.2) is 77.7 Å². The number of rotatable bonds is 7. The molecule has 0 bridgehead atoms. The SMILES string of the molecule is COc1ccc(N2C(=O)C[C@@H](Sc3ccc(NC(=O)c4ccccc4C(=O)O)cc3)C2=O)cc1. The molecule has 1 fully saturated rings. The molecule has 0 unspecified atom stereocenters. The molecule has 1 aliphatic rings. The van der Waals surface area contributed by atoms with E-state index in [0.717, 1.165) is 4.90 Å². The highest BCUT2D eigenvalue weighted by Gasteiger charge is 2.40. The highest BCUT2D eigenvalue weighted by Crippen LogP contribution is 2.35. The Labute approximate surface area is 199 Å². The van der Waals surface area contributed by atoms with Gasteiger partial charge in [-0.2, -0.15) is 0 Å². The second-order valence-corrected chi connectivity index (χ2v) is 8.68. The van der Waals surface area contributed by atoms with E-state index in [-0.39, 0.29) is 29.4 Å². The monoisotopic (exact) mass is 476 g/mol. The summed E-state index contributed by atoms with van der Waals surface area (Å²) in [7, 11) is 1.54. The Hall–Kier alpha value is -4.11. The Balaban J connectivity index is 1.42. The number of hydrogen-bond donors (Lipinski definition) is 2. The van der Waals surface area contributed by atoms with Crippen LogP contribution < -0.4 is 15.0 Å². The summed E-state index contributed by atoms with van der Waals surface area (Å²) in [5.41, 5.74) is 0.946. The number of amides is 3. The molecular formula is C25H20N2O6S. The van der Waals surface area contributed by atoms with Gasteiger partial charge < -0.3 is 15.2 Å². The van der Waals surface area contributed by atoms with Crippen molar-refractivity contribution < 1.29 is 29.0 Å². The number of nitrogens with one attached hydrogen (secondary N) is 1. The number of aromatic carboxylic acids is 1. The van der Waals surface area contributed by atoms with E-state index < -0.39 is 17.1 Å². The van der Waals surface area contributed by atoms with Crippen LogP contribution in [0.3, 0.4) is 0 Å². The molecule has 4 rings (SSSR count). The van der Waals surface area contributed by atoms with Crippen molar-refractivity contribution in [3.63, 3.8) is 0 Å². The fourth-order valence-corrected chi connectivity index (χ4v) is 4.60. The number of carboxylic acids is 1. The summed E-state index contributed by atoms with van der Waals surface area (Å²) in [6.07, 6.45) is 0.0833. The number of anilines is 2. The molecule has 0 radical (unpaired) electrons. The number of ether oxygens (including phenoxy) is 1. The van der Waals surface area contributed by atoms with Gasteiger partial charge in [0.05, 0.1) is 29.2 Å². The highest BCUT2D eigenvalue weighted by molar-refractivity contribution is 8.00. The predicted molar refractivity (Wildman–Crippen MR) is 128 cm³/mol. The first-order valence-corrected chi connectivity index (χ1v) is 11.2. The predicted octanol–water partition coefficient (Wildman–Crippen LogP) is 4.07. The minimum atomic E-state index is -1.18. The third-order valence-electron chi connectivity index (χ3n) is 5.23. The fourth-order valence-electron chi connectivity index (χ4n) is 3.55. The Kier molecular flexibility index (Phi) is 6.65. The fraction of sp³-hybridized carbons (Fsp3) is 0.120. The molecule has 0 aromatic heterocycles. The van der Waals surface area contributed by atoms with Gasteiger partial charge in [0.15, 0.2) is 0 Å². The molecule has 0 saturated carbocycles. The molecule has 1 saturated heterocycles. The maximum absolute atomic E-state index is 12.9. The summed E-state index contributed by atoms with van der Waals surface area (Å²) in [6, 6.07) is 19.5. The number of carbonyl (C=O) groups excluding carboxylic acids is 3. The van der Waals surface area contributed by atoms with Gasteiger partial charge in [-0.05, 0) is 60.7 Å². The van der Waals surface area contributed by atoms with Crippen molar-refractivity contribution in [2.24, 2.45) is 0 Å². The Morgan fingerprint density at radius 2 is 1.62 bits per heavy atom. The summed E-state index contributed by atoms with van der Waals surface area (Å²) in [5.74, 6) is -1.65. The summed E-state index contributed by atoms with van der Waals surface area (Å²) in [5, 5.41) is 11.4. The third kappa shape index (κ3) is 4.79. The number of thioether (sulfide) groups is 1. The van der Waals surface area contributed by atoms with Gasteiger partial charge in [0.25, 0.3) is 5.91 Å². The molecule has 9 heteroatoms. The van der Waals surface area contributed by atoms with E-state index in [1.165, 1.54) is 28.8 Å². The van der Waals surface area contributed by atoms with Crippen molar-refractivity contribution in [3.05, 3.63) is 83.9 Å². The van der Waals surface area contributed by atoms with Crippen molar-refractivity contribution in [1.29, 1.82) is 0 Å². The first kappa shape index (κ1) is 23.1. The van der Waals surface area contributed by atoms with Gasteiger partial charge in [0, 0.05) is 17.0 Å². The number of carbonyl (C=O) groups is 4. The van der Waals surface area contributed by atoms with Gasteiger partial charge >= 0.3 is 5.97 Å². The normalized spacial score (nSPS) is 15.3. The molecule has 3 amide bonds. The van der Waals surface area contributed by atoms with Crippen molar-refractivity contribution in [3.8, 4) is 5.75 Å². The van der Waals surface area contributed by atoms with Crippen LogP contribution in [0.5, 0.6) is 5.75 Å². The molecule has 8 nitrogen and oxygen atoms in total. The minimum Gasteiger partial charge on any atom is -0.497 e. The molecular weight excluding hydrogens is 456 g/mol. The van der Waals surface area contributed by atoms with E-state index in [4.69, 9.17) is 4.74 Å². The molecule has 1 aliphatic heterocycles. The molecule has 0 aliphatic carbocycles. The number of carboxylic acid groups (broad SMARTS) is 1.